The van der Waals surface area contributed by atoms with Crippen molar-refractivity contribution in [2.45, 2.75) is 19.0 Å². The molecule has 2 N–H and O–H groups in total. The van der Waals surface area contributed by atoms with E-state index < -0.39 is 33.7 Å². The van der Waals surface area contributed by atoms with Crippen LogP contribution in [0.5, 0.6) is 0 Å². The van der Waals surface area contributed by atoms with E-state index in [1.807, 2.05) is 0 Å². The molecule has 1 aromatic carbocycles. The first kappa shape index (κ1) is 17.5. The van der Waals surface area contributed by atoms with Crippen molar-refractivity contribution in [2.24, 2.45) is 10.8 Å². The van der Waals surface area contributed by atoms with Gasteiger partial charge in [0.15, 0.2) is 0 Å². The number of benzene rings is 1. The van der Waals surface area contributed by atoms with Crippen LogP contribution in [0.3, 0.4) is 0 Å². The molecule has 2 rings (SSSR count). The highest BCUT2D eigenvalue weighted by Crippen LogP contribution is 2.29. The van der Waals surface area contributed by atoms with E-state index >= 15 is 0 Å². The van der Waals surface area contributed by atoms with Gasteiger partial charge in [-0.15, -0.1) is 0 Å². The number of anilines is 1. The van der Waals surface area contributed by atoms with Crippen molar-refractivity contribution >= 4 is 21.5 Å². The second kappa shape index (κ2) is 5.96. The van der Waals surface area contributed by atoms with Gasteiger partial charge in [-0.05, 0) is 24.6 Å². The molecule has 0 saturated heterocycles. The Morgan fingerprint density at radius 1 is 1.30 bits per heavy atom. The van der Waals surface area contributed by atoms with Crippen molar-refractivity contribution in [1.82, 2.24) is 4.31 Å². The molecule has 0 fully saturated rings. The smallest absolute Gasteiger partial charge is 0.326 e. The first-order valence-corrected chi connectivity index (χ1v) is 7.92. The van der Waals surface area contributed by atoms with Crippen LogP contribution in [0.4, 0.5) is 23.2 Å². The quantitative estimate of drug-likeness (QED) is 0.836. The number of rotatable bonds is 3. The molecule has 0 unspecified atom stereocenters. The summed E-state index contributed by atoms with van der Waals surface area (Å²) in [7, 11) is -5.51. The second-order valence-electron chi connectivity index (χ2n) is 4.78. The topological polar surface area (TPSA) is 79.0 Å². The summed E-state index contributed by atoms with van der Waals surface area (Å²) in [6.07, 6.45) is 0. The number of sulfonamides is 1. The van der Waals surface area contributed by atoms with E-state index in [-0.39, 0.29) is 23.1 Å². The zero-order valence-electron chi connectivity index (χ0n) is 12.0. The number of nitrogens with zero attached hydrogens (tertiary/aromatic N) is 3. The Labute approximate surface area is 130 Å². The number of hydrazone groups is 1. The van der Waals surface area contributed by atoms with Gasteiger partial charge in [-0.1, -0.05) is 6.07 Å². The minimum atomic E-state index is -5.51. The molecule has 1 aromatic rings. The van der Waals surface area contributed by atoms with Gasteiger partial charge in [0.25, 0.3) is 0 Å². The fourth-order valence-electron chi connectivity index (χ4n) is 2.10. The molecular formula is C12H14F4N4O2S. The fourth-order valence-corrected chi connectivity index (χ4v) is 3.06. The maximum absolute atomic E-state index is 14.0. The van der Waals surface area contributed by atoms with E-state index in [4.69, 9.17) is 5.73 Å². The van der Waals surface area contributed by atoms with Gasteiger partial charge >= 0.3 is 15.5 Å². The van der Waals surface area contributed by atoms with Crippen LogP contribution in [-0.2, 0) is 16.6 Å². The Morgan fingerprint density at radius 3 is 2.43 bits per heavy atom. The average Bonchev–Trinajstić information content (AvgIpc) is 2.45. The Morgan fingerprint density at radius 2 is 1.96 bits per heavy atom. The molecule has 0 amide bonds. The van der Waals surface area contributed by atoms with E-state index in [0.717, 1.165) is 11.9 Å². The van der Waals surface area contributed by atoms with E-state index in [2.05, 4.69) is 5.10 Å². The summed E-state index contributed by atoms with van der Waals surface area (Å²) in [5.41, 5.74) is 0.551. The first-order valence-electron chi connectivity index (χ1n) is 6.48. The molecule has 1 heterocycles. The van der Waals surface area contributed by atoms with E-state index in [9.17, 15) is 26.0 Å². The maximum atomic E-state index is 14.0. The molecular weight excluding hydrogens is 340 g/mol. The lowest BCUT2D eigenvalue weighted by Gasteiger charge is -2.33. The lowest BCUT2D eigenvalue weighted by molar-refractivity contribution is -0.0473. The SMILES string of the molecule is CC1=NN(c2ccc(CN)cc2F)CCN1S(=O)(=O)C(F)(F)F. The standard InChI is InChI=1S/C12H14F4N4O2S/c1-8-18-19(11-3-2-9(7-17)6-10(11)13)4-5-20(8)23(21,22)12(14,15)16/h2-3,6H,4-5,7,17H2,1H3. The summed E-state index contributed by atoms with van der Waals surface area (Å²) >= 11 is 0. The number of amidine groups is 1. The van der Waals surface area contributed by atoms with Crippen LogP contribution in [0, 0.1) is 5.82 Å². The summed E-state index contributed by atoms with van der Waals surface area (Å²) in [5.74, 6) is -1.03. The molecule has 1 aliphatic rings. The third kappa shape index (κ3) is 3.24. The summed E-state index contributed by atoms with van der Waals surface area (Å²) in [4.78, 5) is 0. The van der Waals surface area contributed by atoms with Crippen LogP contribution in [-0.4, -0.2) is 37.2 Å². The second-order valence-corrected chi connectivity index (χ2v) is 6.64. The Balaban J connectivity index is 2.32. The molecule has 11 heteroatoms. The minimum absolute atomic E-state index is 0.0330. The van der Waals surface area contributed by atoms with Crippen molar-refractivity contribution in [3.8, 4) is 0 Å². The molecule has 0 aliphatic carbocycles. The summed E-state index contributed by atoms with van der Waals surface area (Å²) < 4.78 is 74.8. The van der Waals surface area contributed by atoms with Crippen molar-refractivity contribution in [1.29, 1.82) is 0 Å². The fraction of sp³-hybridized carbons (Fsp3) is 0.417. The third-order valence-corrected chi connectivity index (χ3v) is 4.86. The Kier molecular flexibility index (Phi) is 4.53. The lowest BCUT2D eigenvalue weighted by Crippen LogP contribution is -2.50. The van der Waals surface area contributed by atoms with Crippen molar-refractivity contribution in [3.05, 3.63) is 29.6 Å². The summed E-state index contributed by atoms with van der Waals surface area (Å²) in [5, 5.41) is 4.87. The Bertz CT molecular complexity index is 733. The summed E-state index contributed by atoms with van der Waals surface area (Å²) in [6, 6.07) is 4.14. The number of hydrogen-bond donors (Lipinski definition) is 1. The highest BCUT2D eigenvalue weighted by atomic mass is 32.2. The largest absolute Gasteiger partial charge is 0.516 e. The van der Waals surface area contributed by atoms with Gasteiger partial charge in [-0.2, -0.15) is 26.7 Å². The van der Waals surface area contributed by atoms with Crippen molar-refractivity contribution in [2.75, 3.05) is 18.1 Å². The minimum Gasteiger partial charge on any atom is -0.326 e. The van der Waals surface area contributed by atoms with Gasteiger partial charge in [0.1, 0.15) is 11.7 Å². The van der Waals surface area contributed by atoms with E-state index in [0.29, 0.717) is 5.56 Å². The highest BCUT2D eigenvalue weighted by molar-refractivity contribution is 7.90. The molecule has 0 aromatic heterocycles. The highest BCUT2D eigenvalue weighted by Gasteiger charge is 2.51. The maximum Gasteiger partial charge on any atom is 0.516 e. The normalized spacial score (nSPS) is 16.5. The van der Waals surface area contributed by atoms with Gasteiger partial charge < -0.3 is 5.73 Å². The van der Waals surface area contributed by atoms with Crippen LogP contribution < -0.4 is 10.7 Å². The molecule has 0 atom stereocenters. The van der Waals surface area contributed by atoms with Crippen LogP contribution in [0.25, 0.3) is 0 Å². The average molecular weight is 354 g/mol. The van der Waals surface area contributed by atoms with Gasteiger partial charge in [-0.25, -0.2) is 8.70 Å². The van der Waals surface area contributed by atoms with Crippen LogP contribution in [0.1, 0.15) is 12.5 Å². The number of hydrogen-bond acceptors (Lipinski definition) is 5. The van der Waals surface area contributed by atoms with Gasteiger partial charge in [-0.3, -0.25) is 5.01 Å². The monoisotopic (exact) mass is 354 g/mol. The van der Waals surface area contributed by atoms with E-state index in [1.165, 1.54) is 12.1 Å². The molecule has 0 radical (unpaired) electrons. The molecule has 23 heavy (non-hydrogen) atoms. The predicted octanol–water partition coefficient (Wildman–Crippen LogP) is 1.59. The van der Waals surface area contributed by atoms with Gasteiger partial charge in [0.05, 0.1) is 18.8 Å². The number of alkyl halides is 3. The Hall–Kier alpha value is -1.88. The molecule has 0 saturated carbocycles. The summed E-state index contributed by atoms with van der Waals surface area (Å²) in [6.45, 7) is 0.541. The zero-order valence-corrected chi connectivity index (χ0v) is 12.8. The van der Waals surface area contributed by atoms with Gasteiger partial charge in [0.2, 0.25) is 0 Å². The van der Waals surface area contributed by atoms with Crippen LogP contribution in [0.2, 0.25) is 0 Å². The number of halogens is 4. The van der Waals surface area contributed by atoms with E-state index in [1.54, 1.807) is 6.07 Å². The molecule has 1 aliphatic heterocycles. The molecule has 6 nitrogen and oxygen atoms in total. The molecule has 0 bridgehead atoms. The van der Waals surface area contributed by atoms with Crippen LogP contribution in [0.15, 0.2) is 23.3 Å². The third-order valence-electron chi connectivity index (χ3n) is 3.25. The van der Waals surface area contributed by atoms with Crippen molar-refractivity contribution < 1.29 is 26.0 Å². The molecule has 0 spiro atoms. The predicted molar refractivity (Wildman–Crippen MR) is 76.4 cm³/mol. The molecule has 128 valence electrons. The van der Waals surface area contributed by atoms with Crippen LogP contribution >= 0.6 is 0 Å². The lowest BCUT2D eigenvalue weighted by atomic mass is 10.2. The van der Waals surface area contributed by atoms with Crippen molar-refractivity contribution in [3.63, 3.8) is 0 Å². The van der Waals surface area contributed by atoms with Gasteiger partial charge in [0, 0.05) is 6.54 Å². The first-order chi connectivity index (χ1) is 10.6. The number of nitrogens with two attached hydrogens (primary N) is 1. The zero-order chi connectivity index (χ0) is 17.4.